The van der Waals surface area contributed by atoms with Gasteiger partial charge in [-0.2, -0.15) is 0 Å². The fourth-order valence-electron chi connectivity index (χ4n) is 0.842. The van der Waals surface area contributed by atoms with E-state index in [9.17, 15) is 5.11 Å². The molecule has 0 amide bonds. The highest BCUT2D eigenvalue weighted by Crippen LogP contribution is 2.29. The number of hydrogen-bond acceptors (Lipinski definition) is 1. The van der Waals surface area contributed by atoms with Crippen LogP contribution in [0.1, 0.15) is 11.7 Å². The lowest BCUT2D eigenvalue weighted by atomic mass is 10.1. The Balaban J connectivity index is 2.97. The Morgan fingerprint density at radius 2 is 1.92 bits per heavy atom. The van der Waals surface area contributed by atoms with Crippen molar-refractivity contribution in [1.82, 2.24) is 0 Å². The van der Waals surface area contributed by atoms with Crippen LogP contribution in [0.25, 0.3) is 0 Å². The molecule has 0 aliphatic rings. The fraction of sp³-hybridized carbons (Fsp3) is 0.250. The van der Waals surface area contributed by atoms with Gasteiger partial charge >= 0.3 is 0 Å². The van der Waals surface area contributed by atoms with E-state index in [0.29, 0.717) is 10.6 Å². The van der Waals surface area contributed by atoms with E-state index in [0.717, 1.165) is 4.47 Å². The van der Waals surface area contributed by atoms with Crippen molar-refractivity contribution in [1.29, 1.82) is 0 Å². The maximum absolute atomic E-state index is 9.48. The van der Waals surface area contributed by atoms with E-state index in [1.54, 1.807) is 18.2 Å². The molecule has 0 saturated heterocycles. The zero-order valence-electron chi connectivity index (χ0n) is 6.35. The van der Waals surface area contributed by atoms with Crippen LogP contribution in [-0.4, -0.2) is 9.94 Å². The standard InChI is InChI=1S/C8H6BrCl3O/c9-5-2-1-4(3-6(5)10)7(13)8(11)12/h1-3,7-8,13H. The molecular formula is C8H6BrCl3O. The third-order valence-electron chi connectivity index (χ3n) is 1.52. The summed E-state index contributed by atoms with van der Waals surface area (Å²) in [5.41, 5.74) is 0.600. The summed E-state index contributed by atoms with van der Waals surface area (Å²) in [6.07, 6.45) is -0.908. The Kier molecular flexibility index (Phi) is 4.33. The first-order chi connectivity index (χ1) is 6.02. The molecule has 0 spiro atoms. The van der Waals surface area contributed by atoms with Crippen LogP contribution in [0.5, 0.6) is 0 Å². The van der Waals surface area contributed by atoms with Gasteiger partial charge in [0.25, 0.3) is 0 Å². The molecule has 1 rings (SSSR count). The quantitative estimate of drug-likeness (QED) is 0.821. The van der Waals surface area contributed by atoms with Crippen LogP contribution >= 0.6 is 50.7 Å². The lowest BCUT2D eigenvalue weighted by Crippen LogP contribution is -2.05. The number of aliphatic hydroxyl groups excluding tert-OH is 1. The first kappa shape index (κ1) is 11.6. The summed E-state index contributed by atoms with van der Waals surface area (Å²) in [5.74, 6) is 0. The van der Waals surface area contributed by atoms with Gasteiger partial charge in [-0.1, -0.05) is 17.7 Å². The Morgan fingerprint density at radius 3 is 2.38 bits per heavy atom. The van der Waals surface area contributed by atoms with E-state index in [1.165, 1.54) is 0 Å². The van der Waals surface area contributed by atoms with Gasteiger partial charge in [-0.3, -0.25) is 0 Å². The zero-order valence-corrected chi connectivity index (χ0v) is 10.2. The maximum atomic E-state index is 9.48. The highest BCUT2D eigenvalue weighted by molar-refractivity contribution is 9.10. The first-order valence-corrected chi connectivity index (χ1v) is 5.48. The molecule has 0 fully saturated rings. The summed E-state index contributed by atoms with van der Waals surface area (Å²) >= 11 is 20.1. The SMILES string of the molecule is OC(c1ccc(Br)c(Cl)c1)C(Cl)Cl. The lowest BCUT2D eigenvalue weighted by Gasteiger charge is -2.11. The van der Waals surface area contributed by atoms with Crippen molar-refractivity contribution in [3.63, 3.8) is 0 Å². The van der Waals surface area contributed by atoms with Crippen LogP contribution in [0.2, 0.25) is 5.02 Å². The largest absolute Gasteiger partial charge is 0.386 e. The van der Waals surface area contributed by atoms with Crippen molar-refractivity contribution in [2.24, 2.45) is 0 Å². The minimum atomic E-state index is -0.908. The van der Waals surface area contributed by atoms with Crippen LogP contribution in [-0.2, 0) is 0 Å². The van der Waals surface area contributed by atoms with E-state index in [-0.39, 0.29) is 0 Å². The number of rotatable bonds is 2. The van der Waals surface area contributed by atoms with Crippen LogP contribution in [0, 0.1) is 0 Å². The van der Waals surface area contributed by atoms with Gasteiger partial charge in [0.15, 0.2) is 0 Å². The number of halogens is 4. The smallest absolute Gasteiger partial charge is 0.137 e. The molecule has 13 heavy (non-hydrogen) atoms. The molecule has 0 aliphatic heterocycles. The number of aliphatic hydroxyl groups is 1. The molecule has 0 aliphatic carbocycles. The molecule has 0 heterocycles. The molecular weight excluding hydrogens is 298 g/mol. The molecule has 72 valence electrons. The first-order valence-electron chi connectivity index (χ1n) is 3.43. The van der Waals surface area contributed by atoms with Crippen LogP contribution in [0.3, 0.4) is 0 Å². The second-order valence-corrected chi connectivity index (χ2v) is 4.88. The van der Waals surface area contributed by atoms with Gasteiger partial charge < -0.3 is 5.11 Å². The predicted molar refractivity (Wildman–Crippen MR) is 59.6 cm³/mol. The molecule has 0 bridgehead atoms. The van der Waals surface area contributed by atoms with E-state index < -0.39 is 10.9 Å². The number of benzene rings is 1. The molecule has 0 aromatic heterocycles. The Morgan fingerprint density at radius 1 is 1.31 bits per heavy atom. The summed E-state index contributed by atoms with van der Waals surface area (Å²) in [7, 11) is 0. The van der Waals surface area contributed by atoms with E-state index >= 15 is 0 Å². The van der Waals surface area contributed by atoms with Crippen LogP contribution in [0.15, 0.2) is 22.7 Å². The van der Waals surface area contributed by atoms with E-state index in [2.05, 4.69) is 15.9 Å². The second-order valence-electron chi connectivity index (χ2n) is 2.45. The molecule has 1 N–H and O–H groups in total. The molecule has 0 radical (unpaired) electrons. The maximum Gasteiger partial charge on any atom is 0.137 e. The zero-order chi connectivity index (χ0) is 10.0. The Bertz CT molecular complexity index is 303. The summed E-state index contributed by atoms with van der Waals surface area (Å²) in [5, 5.41) is 9.99. The highest BCUT2D eigenvalue weighted by atomic mass is 79.9. The highest BCUT2D eigenvalue weighted by Gasteiger charge is 2.16. The van der Waals surface area contributed by atoms with Crippen LogP contribution in [0.4, 0.5) is 0 Å². The third kappa shape index (κ3) is 3.00. The molecule has 1 aromatic carbocycles. The normalized spacial score (nSPS) is 13.4. The summed E-state index contributed by atoms with van der Waals surface area (Å²) in [6.45, 7) is 0. The van der Waals surface area contributed by atoms with Gasteiger partial charge in [-0.15, -0.1) is 23.2 Å². The van der Waals surface area contributed by atoms with Gasteiger partial charge in [0.05, 0.1) is 5.02 Å². The predicted octanol–water partition coefficient (Wildman–Crippen LogP) is 3.94. The minimum absolute atomic E-state index is 0.519. The van der Waals surface area contributed by atoms with Gasteiger partial charge in [-0.05, 0) is 33.6 Å². The third-order valence-corrected chi connectivity index (χ3v) is 3.23. The van der Waals surface area contributed by atoms with Gasteiger partial charge in [-0.25, -0.2) is 0 Å². The van der Waals surface area contributed by atoms with Crippen LogP contribution < -0.4 is 0 Å². The average Bonchev–Trinajstić information content (AvgIpc) is 2.08. The molecule has 1 atom stereocenters. The average molecular weight is 304 g/mol. The van der Waals surface area contributed by atoms with Gasteiger partial charge in [0.2, 0.25) is 0 Å². The number of hydrogen-bond donors (Lipinski definition) is 1. The minimum Gasteiger partial charge on any atom is -0.386 e. The van der Waals surface area contributed by atoms with E-state index in [1.807, 2.05) is 0 Å². The van der Waals surface area contributed by atoms with Gasteiger partial charge in [0, 0.05) is 4.47 Å². The fourth-order valence-corrected chi connectivity index (χ4v) is 1.57. The van der Waals surface area contributed by atoms with E-state index in [4.69, 9.17) is 34.8 Å². The summed E-state index contributed by atoms with van der Waals surface area (Å²) in [6, 6.07) is 5.06. The topological polar surface area (TPSA) is 20.2 Å². The lowest BCUT2D eigenvalue weighted by molar-refractivity contribution is 0.193. The monoisotopic (exact) mass is 302 g/mol. The molecule has 5 heteroatoms. The Labute approximate surface area is 99.7 Å². The number of alkyl halides is 2. The van der Waals surface area contributed by atoms with Crippen molar-refractivity contribution < 1.29 is 5.11 Å². The molecule has 1 unspecified atom stereocenters. The molecule has 0 saturated carbocycles. The molecule has 1 nitrogen and oxygen atoms in total. The summed E-state index contributed by atoms with van der Waals surface area (Å²) in [4.78, 5) is -0.850. The van der Waals surface area contributed by atoms with Crippen molar-refractivity contribution >= 4 is 50.7 Å². The van der Waals surface area contributed by atoms with Crippen molar-refractivity contribution in [3.05, 3.63) is 33.3 Å². The van der Waals surface area contributed by atoms with Gasteiger partial charge in [0.1, 0.15) is 10.9 Å². The second kappa shape index (κ2) is 4.85. The van der Waals surface area contributed by atoms with Crippen molar-refractivity contribution in [2.45, 2.75) is 10.9 Å². The Hall–Kier alpha value is 0.530. The summed E-state index contributed by atoms with van der Waals surface area (Å²) < 4.78 is 0.769. The molecule has 1 aromatic rings. The van der Waals surface area contributed by atoms with Crippen molar-refractivity contribution in [3.8, 4) is 0 Å². The van der Waals surface area contributed by atoms with Crippen molar-refractivity contribution in [2.75, 3.05) is 0 Å².